The van der Waals surface area contributed by atoms with Crippen LogP contribution in [0.2, 0.25) is 0 Å². The van der Waals surface area contributed by atoms with Crippen molar-refractivity contribution < 1.29 is 20.5 Å². The van der Waals surface area contributed by atoms with Gasteiger partial charge in [0.1, 0.15) is 0 Å². The van der Waals surface area contributed by atoms with Crippen LogP contribution in [0.4, 0.5) is 0 Å². The number of hydrogen-bond acceptors (Lipinski definition) is 3. The second-order valence-electron chi connectivity index (χ2n) is 3.27. The number of aromatic nitrogens is 2. The minimum absolute atomic E-state index is 0.112. The van der Waals surface area contributed by atoms with E-state index in [2.05, 4.69) is 4.98 Å². The van der Waals surface area contributed by atoms with Crippen molar-refractivity contribution in [3.63, 3.8) is 0 Å². The molecule has 1 aliphatic heterocycles. The molecule has 82 valence electrons. The zero-order valence-corrected chi connectivity index (χ0v) is 7.99. The normalized spacial score (nSPS) is 44.9. The molecule has 0 spiro atoms. The van der Waals surface area contributed by atoms with Gasteiger partial charge in [-0.25, -0.2) is 4.98 Å². The first-order valence-electron chi connectivity index (χ1n) is 8.48. The van der Waals surface area contributed by atoms with Crippen LogP contribution in [0.5, 0.6) is 0 Å². The Balaban J connectivity index is 2.37. The first kappa shape index (κ1) is 4.28. The molecule has 1 aliphatic rings. The van der Waals surface area contributed by atoms with E-state index in [1.807, 2.05) is 0 Å². The van der Waals surface area contributed by atoms with Crippen LogP contribution < -0.4 is 0 Å². The SMILES string of the molecule is [2H]C([2H])([2H])C[C@]1([2H])C(=O)OC[C@]1([2H])Cc1cncn1C([2H])([2H])[2H]. The van der Waals surface area contributed by atoms with Crippen molar-refractivity contribution in [1.82, 2.24) is 9.55 Å². The zero-order valence-electron chi connectivity index (χ0n) is 16.0. The van der Waals surface area contributed by atoms with Gasteiger partial charge in [-0.05, 0) is 12.8 Å². The number of carbonyl (C=O) groups is 1. The summed E-state index contributed by atoms with van der Waals surface area (Å²) in [4.78, 5) is 15.6. The van der Waals surface area contributed by atoms with Gasteiger partial charge in [-0.1, -0.05) is 6.85 Å². The molecule has 15 heavy (non-hydrogen) atoms. The molecule has 0 amide bonds. The lowest BCUT2D eigenvalue weighted by Crippen LogP contribution is -2.18. The van der Waals surface area contributed by atoms with Crippen LogP contribution in [-0.2, 0) is 22.9 Å². The first-order chi connectivity index (χ1) is 10.3. The van der Waals surface area contributed by atoms with Crippen LogP contribution in [-0.4, -0.2) is 22.1 Å². The van der Waals surface area contributed by atoms with Crippen molar-refractivity contribution in [1.29, 1.82) is 0 Å². The lowest BCUT2D eigenvalue weighted by Gasteiger charge is -2.12. The summed E-state index contributed by atoms with van der Waals surface area (Å²) in [6.07, 6.45) is 1.11. The summed E-state index contributed by atoms with van der Waals surface area (Å²) in [5.74, 6) is -5.30. The molecule has 1 aromatic rings. The van der Waals surface area contributed by atoms with Gasteiger partial charge in [-0.3, -0.25) is 4.79 Å². The Bertz CT molecular complexity index is 610. The van der Waals surface area contributed by atoms with E-state index in [0.29, 0.717) is 0 Å². The molecule has 0 aliphatic carbocycles. The molecule has 0 N–H and O–H groups in total. The molecule has 0 aromatic carbocycles. The zero-order chi connectivity index (χ0) is 17.7. The van der Waals surface area contributed by atoms with Gasteiger partial charge in [0.2, 0.25) is 0 Å². The van der Waals surface area contributed by atoms with E-state index in [-0.39, 0.29) is 12.1 Å². The summed E-state index contributed by atoms with van der Waals surface area (Å²) >= 11 is 0. The van der Waals surface area contributed by atoms with E-state index in [0.717, 1.165) is 10.9 Å². The predicted octanol–water partition coefficient (Wildman–Crippen LogP) is 1.16. The minimum Gasteiger partial charge on any atom is -0.465 e. The number of imidazole rings is 1. The summed E-state index contributed by atoms with van der Waals surface area (Å²) < 4.78 is 66.4. The summed E-state index contributed by atoms with van der Waals surface area (Å²) in [6, 6.07) is 0. The van der Waals surface area contributed by atoms with E-state index in [1.54, 1.807) is 0 Å². The monoisotopic (exact) mass is 216 g/mol. The minimum atomic E-state index is -2.60. The van der Waals surface area contributed by atoms with Crippen molar-refractivity contribution in [2.75, 3.05) is 6.61 Å². The maximum absolute atomic E-state index is 11.9. The highest BCUT2D eigenvalue weighted by Crippen LogP contribution is 2.27. The van der Waals surface area contributed by atoms with Crippen molar-refractivity contribution in [3.8, 4) is 0 Å². The third-order valence-corrected chi connectivity index (χ3v) is 2.34. The topological polar surface area (TPSA) is 44.1 Å². The van der Waals surface area contributed by atoms with Crippen LogP contribution in [0, 0.1) is 11.8 Å². The van der Waals surface area contributed by atoms with Gasteiger partial charge in [-0.15, -0.1) is 0 Å². The predicted molar refractivity (Wildman–Crippen MR) is 55.1 cm³/mol. The van der Waals surface area contributed by atoms with Gasteiger partial charge >= 0.3 is 5.97 Å². The molecule has 0 radical (unpaired) electrons. The van der Waals surface area contributed by atoms with E-state index >= 15 is 0 Å². The van der Waals surface area contributed by atoms with Gasteiger partial charge < -0.3 is 9.30 Å². The van der Waals surface area contributed by atoms with Crippen LogP contribution in [0.1, 0.15) is 29.9 Å². The Kier molecular flexibility index (Phi) is 1.15. The lowest BCUT2D eigenvalue weighted by molar-refractivity contribution is -0.141. The molecular weight excluding hydrogens is 192 g/mol. The smallest absolute Gasteiger partial charge is 0.309 e. The van der Waals surface area contributed by atoms with Crippen LogP contribution in [0.15, 0.2) is 12.5 Å². The highest BCUT2D eigenvalue weighted by Gasteiger charge is 2.35. The third-order valence-electron chi connectivity index (χ3n) is 2.34. The number of carbonyl (C=O) groups excluding carboxylic acids is 1. The molecule has 0 saturated carbocycles. The average Bonchev–Trinajstić information content (AvgIpc) is 2.87. The van der Waals surface area contributed by atoms with Crippen molar-refractivity contribution in [3.05, 3.63) is 18.2 Å². The second-order valence-corrected chi connectivity index (χ2v) is 3.27. The van der Waals surface area contributed by atoms with Gasteiger partial charge in [0, 0.05) is 35.7 Å². The number of ether oxygens (including phenoxy) is 1. The van der Waals surface area contributed by atoms with Gasteiger partial charge in [0.25, 0.3) is 0 Å². The fraction of sp³-hybridized carbons (Fsp3) is 0.636. The van der Waals surface area contributed by atoms with Crippen molar-refractivity contribution >= 4 is 5.97 Å². The van der Waals surface area contributed by atoms with Crippen LogP contribution in [0.25, 0.3) is 0 Å². The maximum Gasteiger partial charge on any atom is 0.309 e. The second kappa shape index (κ2) is 4.04. The summed E-state index contributed by atoms with van der Waals surface area (Å²) in [6.45, 7) is -5.60. The van der Waals surface area contributed by atoms with E-state index in [1.165, 1.54) is 6.20 Å². The van der Waals surface area contributed by atoms with Gasteiger partial charge in [0.15, 0.2) is 0 Å². The molecule has 0 unspecified atom stereocenters. The van der Waals surface area contributed by atoms with E-state index in [4.69, 9.17) is 15.7 Å². The molecule has 4 nitrogen and oxygen atoms in total. The Morgan fingerprint density at radius 3 is 3.60 bits per heavy atom. The Morgan fingerprint density at radius 2 is 2.80 bits per heavy atom. The van der Waals surface area contributed by atoms with E-state index in [9.17, 15) is 4.79 Å². The quantitative estimate of drug-likeness (QED) is 0.712. The number of rotatable bonds is 3. The molecular formula is C11H16N2O2. The highest BCUT2D eigenvalue weighted by atomic mass is 16.5. The standard InChI is InChI=1S/C11H16N2O2/c1-3-10-8(6-15-11(10)14)4-9-5-12-7-13(9)2/h5,7-8,10H,3-4,6H2,1-2H3/t8-,10-/m0/s1/i1D3,2D3,8D,10D. The summed E-state index contributed by atoms with van der Waals surface area (Å²) in [5, 5.41) is 0. The molecule has 1 aromatic heterocycles. The fourth-order valence-electron chi connectivity index (χ4n) is 1.50. The number of hydrogen-bond donors (Lipinski definition) is 0. The molecule has 0 bridgehead atoms. The van der Waals surface area contributed by atoms with E-state index < -0.39 is 44.6 Å². The first-order valence-corrected chi connectivity index (χ1v) is 4.48. The number of cyclic esters (lactones) is 1. The lowest BCUT2D eigenvalue weighted by atomic mass is 9.89. The Morgan fingerprint density at radius 1 is 1.87 bits per heavy atom. The number of nitrogens with zero attached hydrogens (tertiary/aromatic N) is 2. The molecule has 1 saturated heterocycles. The largest absolute Gasteiger partial charge is 0.465 e. The fourth-order valence-corrected chi connectivity index (χ4v) is 1.50. The highest BCUT2D eigenvalue weighted by molar-refractivity contribution is 5.74. The molecule has 2 heterocycles. The van der Waals surface area contributed by atoms with Crippen molar-refractivity contribution in [2.45, 2.75) is 19.7 Å². The summed E-state index contributed by atoms with van der Waals surface area (Å²) in [7, 11) is 0. The Hall–Kier alpha value is -1.32. The number of aryl methyl sites for hydroxylation is 1. The Labute approximate surface area is 100 Å². The third kappa shape index (κ3) is 1.89. The van der Waals surface area contributed by atoms with Crippen LogP contribution in [0.3, 0.4) is 0 Å². The van der Waals surface area contributed by atoms with Crippen LogP contribution >= 0.6 is 0 Å². The molecule has 4 heteroatoms. The van der Waals surface area contributed by atoms with Crippen molar-refractivity contribution in [2.24, 2.45) is 18.8 Å². The average molecular weight is 216 g/mol. The number of esters is 1. The molecule has 2 atom stereocenters. The molecule has 1 fully saturated rings. The molecule has 2 rings (SSSR count). The van der Waals surface area contributed by atoms with Gasteiger partial charge in [0.05, 0.1) is 18.8 Å². The maximum atomic E-state index is 11.9. The summed E-state index contributed by atoms with van der Waals surface area (Å²) in [5.41, 5.74) is 0.112. The van der Waals surface area contributed by atoms with Gasteiger partial charge in [-0.2, -0.15) is 0 Å².